The van der Waals surface area contributed by atoms with E-state index in [0.29, 0.717) is 30.2 Å². The van der Waals surface area contributed by atoms with Crippen molar-refractivity contribution in [3.05, 3.63) is 53.1 Å². The van der Waals surface area contributed by atoms with E-state index in [1.807, 2.05) is 12.1 Å². The summed E-state index contributed by atoms with van der Waals surface area (Å²) in [7, 11) is 0. The summed E-state index contributed by atoms with van der Waals surface area (Å²) in [6.07, 6.45) is 0.733. The van der Waals surface area contributed by atoms with Gasteiger partial charge in [-0.15, -0.1) is 0 Å². The van der Waals surface area contributed by atoms with Gasteiger partial charge in [-0.05, 0) is 36.8 Å². The molecule has 0 spiro atoms. The van der Waals surface area contributed by atoms with Crippen molar-refractivity contribution in [1.82, 2.24) is 0 Å². The van der Waals surface area contributed by atoms with E-state index in [0.717, 1.165) is 0 Å². The van der Waals surface area contributed by atoms with Crippen LogP contribution < -0.4 is 15.8 Å². The van der Waals surface area contributed by atoms with E-state index >= 15 is 0 Å². The summed E-state index contributed by atoms with van der Waals surface area (Å²) in [6, 6.07) is 11.4. The Kier molecular flexibility index (Phi) is 6.03. The zero-order valence-corrected chi connectivity index (χ0v) is 13.5. The van der Waals surface area contributed by atoms with Crippen LogP contribution in [0.5, 0.6) is 5.75 Å². The van der Waals surface area contributed by atoms with Crippen LogP contribution in [0.4, 0.5) is 11.4 Å². The van der Waals surface area contributed by atoms with Gasteiger partial charge in [0.2, 0.25) is 5.91 Å². The molecule has 0 atom stereocenters. The van der Waals surface area contributed by atoms with Crippen LogP contribution in [0.2, 0.25) is 5.02 Å². The Balaban J connectivity index is 1.80. The number of rotatable bonds is 7. The maximum Gasteiger partial charge on any atom is 0.337 e. The number of hydrogen-bond acceptors (Lipinski definition) is 4. The molecule has 0 saturated heterocycles. The number of nitrogen functional groups attached to an aromatic ring is 1. The van der Waals surface area contributed by atoms with Crippen LogP contribution >= 0.6 is 11.6 Å². The van der Waals surface area contributed by atoms with Gasteiger partial charge in [-0.25, -0.2) is 4.79 Å². The molecule has 0 heterocycles. The number of hydrogen-bond donors (Lipinski definition) is 3. The van der Waals surface area contributed by atoms with Crippen LogP contribution in [0.15, 0.2) is 42.5 Å². The summed E-state index contributed by atoms with van der Waals surface area (Å²) >= 11 is 5.78. The van der Waals surface area contributed by atoms with Crippen molar-refractivity contribution in [1.29, 1.82) is 0 Å². The monoisotopic (exact) mass is 348 g/mol. The first-order valence-corrected chi connectivity index (χ1v) is 7.65. The summed E-state index contributed by atoms with van der Waals surface area (Å²) in [6.45, 7) is 0.350. The normalized spacial score (nSPS) is 10.2. The number of ether oxygens (including phenoxy) is 1. The van der Waals surface area contributed by atoms with Crippen LogP contribution in [-0.2, 0) is 4.79 Å². The average molecular weight is 349 g/mol. The molecule has 0 fully saturated rings. The third kappa shape index (κ3) is 4.89. The highest BCUT2D eigenvalue weighted by Gasteiger charge is 2.11. The van der Waals surface area contributed by atoms with Gasteiger partial charge in [-0.2, -0.15) is 0 Å². The number of amides is 1. The molecule has 6 nitrogen and oxygen atoms in total. The second-order valence-electron chi connectivity index (χ2n) is 5.04. The molecule has 126 valence electrons. The number of carbonyl (C=O) groups is 2. The SMILES string of the molecule is Nc1ccccc1OCCCC(=O)Nc1ccc(Cl)c(C(=O)O)c1. The fourth-order valence-corrected chi connectivity index (χ4v) is 2.22. The van der Waals surface area contributed by atoms with Crippen LogP contribution in [-0.4, -0.2) is 23.6 Å². The Morgan fingerprint density at radius 1 is 1.21 bits per heavy atom. The van der Waals surface area contributed by atoms with Gasteiger partial charge in [0.25, 0.3) is 0 Å². The second kappa shape index (κ2) is 8.21. The topological polar surface area (TPSA) is 102 Å². The lowest BCUT2D eigenvalue weighted by atomic mass is 10.2. The van der Waals surface area contributed by atoms with Gasteiger partial charge in [0, 0.05) is 12.1 Å². The Morgan fingerprint density at radius 3 is 2.67 bits per heavy atom. The van der Waals surface area contributed by atoms with E-state index in [1.165, 1.54) is 12.1 Å². The molecule has 0 bridgehead atoms. The first-order chi connectivity index (χ1) is 11.5. The summed E-state index contributed by atoms with van der Waals surface area (Å²) in [4.78, 5) is 22.9. The molecule has 1 amide bonds. The predicted octanol–water partition coefficient (Wildman–Crippen LogP) is 3.42. The number of carboxylic acid groups (broad SMARTS) is 1. The van der Waals surface area contributed by atoms with Gasteiger partial charge in [0.15, 0.2) is 0 Å². The van der Waals surface area contributed by atoms with Gasteiger partial charge in [0.05, 0.1) is 22.9 Å². The lowest BCUT2D eigenvalue weighted by Crippen LogP contribution is -2.13. The molecule has 0 aromatic heterocycles. The van der Waals surface area contributed by atoms with Crippen LogP contribution in [0.3, 0.4) is 0 Å². The standard InChI is InChI=1S/C17H17ClN2O4/c18-13-8-7-11(10-12(13)17(22)23)20-16(21)6-3-9-24-15-5-2-1-4-14(15)19/h1-2,4-5,7-8,10H,3,6,9,19H2,(H,20,21)(H,22,23). The van der Waals surface area contributed by atoms with Crippen molar-refractivity contribution >= 4 is 34.9 Å². The minimum absolute atomic E-state index is 0.0580. The highest BCUT2D eigenvalue weighted by atomic mass is 35.5. The third-order valence-corrected chi connectivity index (χ3v) is 3.53. The van der Waals surface area contributed by atoms with E-state index in [4.69, 9.17) is 27.2 Å². The lowest BCUT2D eigenvalue weighted by molar-refractivity contribution is -0.116. The van der Waals surface area contributed by atoms with Crippen molar-refractivity contribution in [2.45, 2.75) is 12.8 Å². The lowest BCUT2D eigenvalue weighted by Gasteiger charge is -2.09. The molecular formula is C17H17ClN2O4. The largest absolute Gasteiger partial charge is 0.491 e. The van der Waals surface area contributed by atoms with Gasteiger partial charge in [0.1, 0.15) is 5.75 Å². The minimum atomic E-state index is -1.15. The molecule has 2 rings (SSSR count). The molecule has 0 aliphatic rings. The van der Waals surface area contributed by atoms with Crippen LogP contribution in [0.25, 0.3) is 0 Å². The number of carboxylic acids is 1. The zero-order chi connectivity index (χ0) is 17.5. The van der Waals surface area contributed by atoms with E-state index in [9.17, 15) is 9.59 Å². The first kappa shape index (κ1) is 17.6. The van der Waals surface area contributed by atoms with Crippen molar-refractivity contribution in [3.63, 3.8) is 0 Å². The Morgan fingerprint density at radius 2 is 1.96 bits per heavy atom. The van der Waals surface area contributed by atoms with E-state index in [2.05, 4.69) is 5.32 Å². The molecule has 0 radical (unpaired) electrons. The molecular weight excluding hydrogens is 332 g/mol. The van der Waals surface area contributed by atoms with Gasteiger partial charge >= 0.3 is 5.97 Å². The summed E-state index contributed by atoms with van der Waals surface area (Å²) in [5.41, 5.74) is 6.62. The fourth-order valence-electron chi connectivity index (χ4n) is 2.02. The van der Waals surface area contributed by atoms with E-state index in [-0.39, 0.29) is 22.9 Å². The number of halogens is 1. The fraction of sp³-hybridized carbons (Fsp3) is 0.176. The summed E-state index contributed by atoms with van der Waals surface area (Å²) < 4.78 is 5.50. The Bertz CT molecular complexity index is 749. The number of benzene rings is 2. The average Bonchev–Trinajstić information content (AvgIpc) is 2.54. The van der Waals surface area contributed by atoms with Crippen molar-refractivity contribution < 1.29 is 19.4 Å². The highest BCUT2D eigenvalue weighted by molar-refractivity contribution is 6.33. The van der Waals surface area contributed by atoms with Crippen molar-refractivity contribution in [2.75, 3.05) is 17.7 Å². The van der Waals surface area contributed by atoms with E-state index in [1.54, 1.807) is 18.2 Å². The summed E-state index contributed by atoms with van der Waals surface area (Å²) in [5, 5.41) is 11.8. The maximum absolute atomic E-state index is 11.9. The third-order valence-electron chi connectivity index (χ3n) is 3.21. The summed E-state index contributed by atoms with van der Waals surface area (Å²) in [5.74, 6) is -0.801. The predicted molar refractivity (Wildman–Crippen MR) is 92.6 cm³/mol. The van der Waals surface area contributed by atoms with Crippen molar-refractivity contribution in [3.8, 4) is 5.75 Å². The van der Waals surface area contributed by atoms with E-state index < -0.39 is 5.97 Å². The molecule has 0 aliphatic heterocycles. The molecule has 0 unspecified atom stereocenters. The van der Waals surface area contributed by atoms with Crippen molar-refractivity contribution in [2.24, 2.45) is 0 Å². The second-order valence-corrected chi connectivity index (χ2v) is 5.44. The first-order valence-electron chi connectivity index (χ1n) is 7.27. The zero-order valence-electron chi connectivity index (χ0n) is 12.8. The minimum Gasteiger partial charge on any atom is -0.491 e. The molecule has 24 heavy (non-hydrogen) atoms. The molecule has 2 aromatic carbocycles. The van der Waals surface area contributed by atoms with Gasteiger partial charge < -0.3 is 20.9 Å². The molecule has 7 heteroatoms. The number of nitrogens with one attached hydrogen (secondary N) is 1. The van der Waals surface area contributed by atoms with Crippen LogP contribution in [0.1, 0.15) is 23.2 Å². The number of carbonyl (C=O) groups excluding carboxylic acids is 1. The Hall–Kier alpha value is -2.73. The van der Waals surface area contributed by atoms with Gasteiger partial charge in [-0.3, -0.25) is 4.79 Å². The molecule has 4 N–H and O–H groups in total. The Labute approximate surface area is 144 Å². The number of anilines is 2. The smallest absolute Gasteiger partial charge is 0.337 e. The number of aromatic carboxylic acids is 1. The quantitative estimate of drug-likeness (QED) is 0.525. The molecule has 2 aromatic rings. The number of nitrogens with two attached hydrogens (primary N) is 1. The molecule has 0 saturated carbocycles. The van der Waals surface area contributed by atoms with Crippen LogP contribution in [0, 0.1) is 0 Å². The number of para-hydroxylation sites is 2. The highest BCUT2D eigenvalue weighted by Crippen LogP contribution is 2.21. The maximum atomic E-state index is 11.9. The molecule has 0 aliphatic carbocycles. The van der Waals surface area contributed by atoms with Gasteiger partial charge in [-0.1, -0.05) is 23.7 Å².